The number of pyridine rings is 1. The number of nitriles is 1. The van der Waals surface area contributed by atoms with E-state index in [4.69, 9.17) is 10.7 Å². The van der Waals surface area contributed by atoms with E-state index in [1.807, 2.05) is 18.2 Å². The molecule has 0 spiro atoms. The van der Waals surface area contributed by atoms with Gasteiger partial charge in [-0.05, 0) is 91.6 Å². The smallest absolute Gasteiger partial charge is 0.142 e. The van der Waals surface area contributed by atoms with Crippen molar-refractivity contribution >= 4 is 5.82 Å². The molecule has 4 heteroatoms. The summed E-state index contributed by atoms with van der Waals surface area (Å²) >= 11 is 0. The molecule has 35 heavy (non-hydrogen) atoms. The van der Waals surface area contributed by atoms with Crippen LogP contribution >= 0.6 is 0 Å². The summed E-state index contributed by atoms with van der Waals surface area (Å²) in [5.41, 5.74) is 11.9. The fourth-order valence-corrected chi connectivity index (χ4v) is 8.85. The van der Waals surface area contributed by atoms with Crippen LogP contribution in [0.4, 0.5) is 5.82 Å². The van der Waals surface area contributed by atoms with Crippen LogP contribution in [0.5, 0.6) is 0 Å². The molecule has 0 aliphatic heterocycles. The quantitative estimate of drug-likeness (QED) is 0.487. The molecule has 1 aromatic carbocycles. The second-order valence-corrected chi connectivity index (χ2v) is 12.2. The lowest BCUT2D eigenvalue weighted by molar-refractivity contribution is -0.0412. The van der Waals surface area contributed by atoms with Crippen molar-refractivity contribution in [3.63, 3.8) is 0 Å². The van der Waals surface area contributed by atoms with Crippen LogP contribution in [0.15, 0.2) is 48.0 Å². The van der Waals surface area contributed by atoms with E-state index in [0.29, 0.717) is 29.1 Å². The highest BCUT2D eigenvalue weighted by molar-refractivity contribution is 5.75. The summed E-state index contributed by atoms with van der Waals surface area (Å²) in [6.45, 7) is 5.00. The SMILES string of the molecule is C[C@]12CC[C@H]3[C@@H](CC=C4C[C@@H](O)CC[C@@]43C)[C@@H]1CC[C@@H]2c1cc(-c2ccccc2)c(C#N)c(N)n1. The number of hydrogen-bond donors (Lipinski definition) is 2. The number of rotatable bonds is 2. The molecule has 4 aliphatic carbocycles. The Morgan fingerprint density at radius 2 is 1.86 bits per heavy atom. The molecule has 3 fully saturated rings. The lowest BCUT2D eigenvalue weighted by atomic mass is 9.47. The van der Waals surface area contributed by atoms with Gasteiger partial charge in [-0.25, -0.2) is 4.98 Å². The Hall–Kier alpha value is -2.64. The third-order valence-electron chi connectivity index (χ3n) is 10.7. The Kier molecular flexibility index (Phi) is 5.34. The van der Waals surface area contributed by atoms with Crippen molar-refractivity contribution in [3.05, 3.63) is 59.3 Å². The maximum atomic E-state index is 10.3. The third-order valence-corrected chi connectivity index (χ3v) is 10.7. The first-order chi connectivity index (χ1) is 16.8. The minimum Gasteiger partial charge on any atom is -0.393 e. The molecule has 0 radical (unpaired) electrons. The highest BCUT2D eigenvalue weighted by Crippen LogP contribution is 2.68. The van der Waals surface area contributed by atoms with Crippen molar-refractivity contribution in [1.82, 2.24) is 4.98 Å². The largest absolute Gasteiger partial charge is 0.393 e. The third kappa shape index (κ3) is 3.39. The molecule has 2 aromatic rings. The van der Waals surface area contributed by atoms with Gasteiger partial charge >= 0.3 is 0 Å². The highest BCUT2D eigenvalue weighted by atomic mass is 16.3. The van der Waals surface area contributed by atoms with Crippen LogP contribution in [0, 0.1) is 39.9 Å². The van der Waals surface area contributed by atoms with Gasteiger partial charge in [-0.15, -0.1) is 0 Å². The molecule has 1 aromatic heterocycles. The molecule has 182 valence electrons. The van der Waals surface area contributed by atoms with Gasteiger partial charge < -0.3 is 10.8 Å². The van der Waals surface area contributed by atoms with Crippen LogP contribution in [0.3, 0.4) is 0 Å². The number of nitrogens with zero attached hydrogens (tertiary/aromatic N) is 2. The predicted octanol–water partition coefficient (Wildman–Crippen LogP) is 6.61. The fourth-order valence-electron chi connectivity index (χ4n) is 8.85. The van der Waals surface area contributed by atoms with E-state index >= 15 is 0 Å². The number of benzene rings is 1. The Balaban J connectivity index is 1.36. The molecular formula is C31H37N3O. The number of nitrogen functional groups attached to an aromatic ring is 1. The topological polar surface area (TPSA) is 82.9 Å². The predicted molar refractivity (Wildman–Crippen MR) is 139 cm³/mol. The van der Waals surface area contributed by atoms with Gasteiger partial charge in [0.2, 0.25) is 0 Å². The zero-order valence-electron chi connectivity index (χ0n) is 21.0. The molecule has 1 heterocycles. The van der Waals surface area contributed by atoms with Gasteiger partial charge in [0.05, 0.1) is 6.10 Å². The monoisotopic (exact) mass is 467 g/mol. The van der Waals surface area contributed by atoms with Crippen molar-refractivity contribution < 1.29 is 5.11 Å². The zero-order valence-corrected chi connectivity index (χ0v) is 21.0. The number of anilines is 1. The average Bonchev–Trinajstić information content (AvgIpc) is 3.22. The van der Waals surface area contributed by atoms with Crippen LogP contribution < -0.4 is 5.73 Å². The molecule has 6 rings (SSSR count). The average molecular weight is 468 g/mol. The standard InChI is InChI=1S/C31H37N3O/c1-30-14-12-21(35)16-20(30)8-9-22-25-10-11-27(31(25,2)15-13-26(22)30)28-17-23(19-6-4-3-5-7-19)24(18-32)29(33)34-28/h3-8,17,21-22,25-27,35H,9-16H2,1-2H3,(H2,33,34)/t21-,22-,25-,26-,27+,30-,31-/m0/s1. The lowest BCUT2D eigenvalue weighted by Gasteiger charge is -2.58. The number of aromatic nitrogens is 1. The zero-order chi connectivity index (χ0) is 24.4. The van der Waals surface area contributed by atoms with Gasteiger partial charge in [0.25, 0.3) is 0 Å². The molecule has 0 bridgehead atoms. The summed E-state index contributed by atoms with van der Waals surface area (Å²) in [7, 11) is 0. The Bertz CT molecular complexity index is 1210. The summed E-state index contributed by atoms with van der Waals surface area (Å²) in [5, 5.41) is 20.1. The number of hydrogen-bond acceptors (Lipinski definition) is 4. The summed E-state index contributed by atoms with van der Waals surface area (Å²) < 4.78 is 0. The maximum Gasteiger partial charge on any atom is 0.142 e. The van der Waals surface area contributed by atoms with Gasteiger partial charge in [-0.2, -0.15) is 5.26 Å². The van der Waals surface area contributed by atoms with E-state index < -0.39 is 0 Å². The summed E-state index contributed by atoms with van der Waals surface area (Å²) in [6.07, 6.45) is 11.3. The van der Waals surface area contributed by atoms with Crippen LogP contribution in [-0.4, -0.2) is 16.2 Å². The van der Waals surface area contributed by atoms with E-state index in [9.17, 15) is 10.4 Å². The van der Waals surface area contributed by atoms with Gasteiger partial charge in [0.1, 0.15) is 17.5 Å². The Labute approximate surface area is 209 Å². The second kappa shape index (κ2) is 8.20. The minimum absolute atomic E-state index is 0.151. The summed E-state index contributed by atoms with van der Waals surface area (Å²) in [5.74, 6) is 2.87. The van der Waals surface area contributed by atoms with Crippen molar-refractivity contribution in [3.8, 4) is 17.2 Å². The Morgan fingerprint density at radius 1 is 1.06 bits per heavy atom. The van der Waals surface area contributed by atoms with E-state index in [0.717, 1.165) is 54.8 Å². The van der Waals surface area contributed by atoms with Crippen LogP contribution in [0.25, 0.3) is 11.1 Å². The van der Waals surface area contributed by atoms with Crippen LogP contribution in [0.1, 0.15) is 82.4 Å². The van der Waals surface area contributed by atoms with Crippen molar-refractivity contribution in [1.29, 1.82) is 5.26 Å². The number of aliphatic hydroxyl groups is 1. The number of nitrogens with two attached hydrogens (primary N) is 1. The molecule has 7 atom stereocenters. The summed E-state index contributed by atoms with van der Waals surface area (Å²) in [6, 6.07) is 14.6. The molecule has 4 aliphatic rings. The van der Waals surface area contributed by atoms with Crippen molar-refractivity contribution in [2.45, 2.75) is 77.2 Å². The first kappa shape index (κ1) is 22.8. The van der Waals surface area contributed by atoms with Crippen LogP contribution in [-0.2, 0) is 0 Å². The molecule has 0 saturated heterocycles. The second-order valence-electron chi connectivity index (χ2n) is 12.2. The molecule has 3 saturated carbocycles. The van der Waals surface area contributed by atoms with Gasteiger partial charge in [-0.1, -0.05) is 55.8 Å². The van der Waals surface area contributed by atoms with Gasteiger partial charge in [-0.3, -0.25) is 0 Å². The fraction of sp³-hybridized carbons (Fsp3) is 0.548. The van der Waals surface area contributed by atoms with E-state index in [1.54, 1.807) is 0 Å². The molecule has 0 unspecified atom stereocenters. The van der Waals surface area contributed by atoms with E-state index in [-0.39, 0.29) is 16.9 Å². The minimum atomic E-state index is -0.151. The maximum absolute atomic E-state index is 10.3. The normalized spacial score (nSPS) is 38.0. The van der Waals surface area contributed by atoms with E-state index in [2.05, 4.69) is 44.2 Å². The van der Waals surface area contributed by atoms with Crippen LogP contribution in [0.2, 0.25) is 0 Å². The first-order valence-corrected chi connectivity index (χ1v) is 13.5. The van der Waals surface area contributed by atoms with E-state index in [1.165, 1.54) is 24.8 Å². The highest BCUT2D eigenvalue weighted by Gasteiger charge is 2.59. The number of aliphatic hydroxyl groups excluding tert-OH is 1. The summed E-state index contributed by atoms with van der Waals surface area (Å²) in [4.78, 5) is 4.86. The van der Waals surface area contributed by atoms with Gasteiger partial charge in [0, 0.05) is 17.2 Å². The number of fused-ring (bicyclic) bond motifs is 5. The Morgan fingerprint density at radius 3 is 2.63 bits per heavy atom. The molecule has 4 nitrogen and oxygen atoms in total. The lowest BCUT2D eigenvalue weighted by Crippen LogP contribution is -2.50. The van der Waals surface area contributed by atoms with Crippen molar-refractivity contribution in [2.75, 3.05) is 5.73 Å². The number of allylic oxidation sites excluding steroid dienone is 1. The van der Waals surface area contributed by atoms with Crippen molar-refractivity contribution in [2.24, 2.45) is 28.6 Å². The molecular weight excluding hydrogens is 430 g/mol. The molecule has 0 amide bonds. The first-order valence-electron chi connectivity index (χ1n) is 13.5. The van der Waals surface area contributed by atoms with Gasteiger partial charge in [0.15, 0.2) is 0 Å². The molecule has 3 N–H and O–H groups in total.